The summed E-state index contributed by atoms with van der Waals surface area (Å²) in [6.07, 6.45) is 7.66. The molecule has 1 fully saturated rings. The van der Waals surface area contributed by atoms with Crippen LogP contribution in [0.15, 0.2) is 11.8 Å². The van der Waals surface area contributed by atoms with Crippen molar-refractivity contribution in [2.75, 3.05) is 0 Å². The highest BCUT2D eigenvalue weighted by molar-refractivity contribution is 5.34. The fourth-order valence-corrected chi connectivity index (χ4v) is 1.56. The van der Waals surface area contributed by atoms with Crippen molar-refractivity contribution < 1.29 is 0 Å². The van der Waals surface area contributed by atoms with Crippen LogP contribution in [0.5, 0.6) is 0 Å². The third-order valence-electron chi connectivity index (χ3n) is 2.31. The number of nitriles is 2. The van der Waals surface area contributed by atoms with E-state index in [4.69, 9.17) is 10.5 Å². The summed E-state index contributed by atoms with van der Waals surface area (Å²) in [7, 11) is 0. The molecule has 0 aromatic rings. The van der Waals surface area contributed by atoms with Crippen LogP contribution in [-0.2, 0) is 0 Å². The Balaban J connectivity index is 2.37. The fraction of sp³-hybridized carbons (Fsp3) is 0.600. The van der Waals surface area contributed by atoms with E-state index in [0.717, 1.165) is 12.8 Å². The van der Waals surface area contributed by atoms with Gasteiger partial charge in [-0.2, -0.15) is 10.5 Å². The molecule has 1 N–H and O–H groups in total. The molecule has 0 amide bonds. The summed E-state index contributed by atoms with van der Waals surface area (Å²) in [4.78, 5) is 0. The Morgan fingerprint density at radius 3 is 2.31 bits per heavy atom. The predicted molar refractivity (Wildman–Crippen MR) is 49.3 cm³/mol. The number of rotatable bonds is 2. The molecule has 0 radical (unpaired) electrons. The van der Waals surface area contributed by atoms with Crippen LogP contribution in [-0.4, -0.2) is 6.04 Å². The third kappa shape index (κ3) is 3.17. The molecule has 68 valence electrons. The van der Waals surface area contributed by atoms with Gasteiger partial charge >= 0.3 is 0 Å². The van der Waals surface area contributed by atoms with Gasteiger partial charge in [0.1, 0.15) is 17.7 Å². The van der Waals surface area contributed by atoms with Gasteiger partial charge in [0.05, 0.1) is 0 Å². The van der Waals surface area contributed by atoms with E-state index in [9.17, 15) is 0 Å². The topological polar surface area (TPSA) is 59.6 Å². The van der Waals surface area contributed by atoms with Crippen molar-refractivity contribution in [3.05, 3.63) is 11.8 Å². The smallest absolute Gasteiger partial charge is 0.145 e. The average molecular weight is 175 g/mol. The number of hydrogen-bond acceptors (Lipinski definition) is 3. The molecule has 0 atom stereocenters. The second-order valence-corrected chi connectivity index (χ2v) is 3.28. The lowest BCUT2D eigenvalue weighted by molar-refractivity contribution is 0.404. The summed E-state index contributed by atoms with van der Waals surface area (Å²) in [6.45, 7) is 0. The van der Waals surface area contributed by atoms with E-state index in [1.165, 1.54) is 25.5 Å². The second-order valence-electron chi connectivity index (χ2n) is 3.28. The molecule has 0 saturated heterocycles. The first-order valence-corrected chi connectivity index (χ1v) is 4.63. The first-order chi connectivity index (χ1) is 6.36. The van der Waals surface area contributed by atoms with Crippen LogP contribution in [0.25, 0.3) is 0 Å². The lowest BCUT2D eigenvalue weighted by Crippen LogP contribution is -2.26. The maximum atomic E-state index is 8.47. The normalized spacial score (nSPS) is 16.8. The fourth-order valence-electron chi connectivity index (χ4n) is 1.56. The van der Waals surface area contributed by atoms with Crippen LogP contribution in [0.4, 0.5) is 0 Å². The van der Waals surface area contributed by atoms with Gasteiger partial charge in [0.25, 0.3) is 0 Å². The van der Waals surface area contributed by atoms with Crippen molar-refractivity contribution >= 4 is 0 Å². The Morgan fingerprint density at radius 2 is 1.77 bits per heavy atom. The van der Waals surface area contributed by atoms with Crippen LogP contribution < -0.4 is 5.32 Å². The number of hydrogen-bond donors (Lipinski definition) is 1. The molecule has 0 spiro atoms. The summed E-state index contributed by atoms with van der Waals surface area (Å²) in [5.41, 5.74) is 0.158. The summed E-state index contributed by atoms with van der Waals surface area (Å²) in [6, 6.07) is 4.12. The zero-order chi connectivity index (χ0) is 9.52. The van der Waals surface area contributed by atoms with Gasteiger partial charge in [-0.3, -0.25) is 0 Å². The molecule has 1 saturated carbocycles. The van der Waals surface area contributed by atoms with E-state index in [1.54, 1.807) is 0 Å². The molecule has 0 aromatic carbocycles. The van der Waals surface area contributed by atoms with Gasteiger partial charge < -0.3 is 5.32 Å². The van der Waals surface area contributed by atoms with Crippen LogP contribution in [0.2, 0.25) is 0 Å². The highest BCUT2D eigenvalue weighted by Crippen LogP contribution is 2.17. The summed E-state index contributed by atoms with van der Waals surface area (Å²) in [5.74, 6) is 0. The Morgan fingerprint density at radius 1 is 1.15 bits per heavy atom. The number of allylic oxidation sites excluding steroid dienone is 1. The molecule has 0 unspecified atom stereocenters. The van der Waals surface area contributed by atoms with Crippen molar-refractivity contribution in [3.8, 4) is 12.1 Å². The monoisotopic (exact) mass is 175 g/mol. The molecule has 3 nitrogen and oxygen atoms in total. The van der Waals surface area contributed by atoms with Gasteiger partial charge in [-0.1, -0.05) is 19.3 Å². The maximum Gasteiger partial charge on any atom is 0.145 e. The van der Waals surface area contributed by atoms with Gasteiger partial charge in [-0.05, 0) is 12.8 Å². The Labute approximate surface area is 78.7 Å². The van der Waals surface area contributed by atoms with E-state index < -0.39 is 0 Å². The zero-order valence-corrected chi connectivity index (χ0v) is 7.58. The maximum absolute atomic E-state index is 8.47. The second kappa shape index (κ2) is 5.22. The van der Waals surface area contributed by atoms with Crippen LogP contribution >= 0.6 is 0 Å². The van der Waals surface area contributed by atoms with Crippen LogP contribution in [0.1, 0.15) is 32.1 Å². The van der Waals surface area contributed by atoms with Crippen molar-refractivity contribution in [2.24, 2.45) is 0 Å². The molecule has 3 heteroatoms. The van der Waals surface area contributed by atoms with Gasteiger partial charge in [-0.15, -0.1) is 0 Å². The van der Waals surface area contributed by atoms with Crippen molar-refractivity contribution in [3.63, 3.8) is 0 Å². The molecular formula is C10H13N3. The molecule has 0 aliphatic heterocycles. The summed E-state index contributed by atoms with van der Waals surface area (Å²) in [5, 5.41) is 20.1. The van der Waals surface area contributed by atoms with Gasteiger partial charge in [0, 0.05) is 12.2 Å². The minimum Gasteiger partial charge on any atom is -0.387 e. The Hall–Kier alpha value is -1.48. The molecule has 0 aromatic heterocycles. The third-order valence-corrected chi connectivity index (χ3v) is 2.31. The summed E-state index contributed by atoms with van der Waals surface area (Å²) < 4.78 is 0. The quantitative estimate of drug-likeness (QED) is 0.651. The van der Waals surface area contributed by atoms with Crippen LogP contribution in [0, 0.1) is 22.7 Å². The van der Waals surface area contributed by atoms with Gasteiger partial charge in [0.15, 0.2) is 0 Å². The van der Waals surface area contributed by atoms with Crippen molar-refractivity contribution in [1.29, 1.82) is 10.5 Å². The Bertz CT molecular complexity index is 245. The largest absolute Gasteiger partial charge is 0.387 e. The van der Waals surface area contributed by atoms with E-state index in [0.29, 0.717) is 6.04 Å². The molecule has 1 aliphatic rings. The minimum absolute atomic E-state index is 0.158. The predicted octanol–water partition coefficient (Wildman–Crippen LogP) is 1.84. The van der Waals surface area contributed by atoms with E-state index in [1.807, 2.05) is 12.1 Å². The first kappa shape index (κ1) is 9.61. The SMILES string of the molecule is N#CC(C#N)=CNC1CCCCC1. The minimum atomic E-state index is 0.158. The van der Waals surface area contributed by atoms with E-state index >= 15 is 0 Å². The lowest BCUT2D eigenvalue weighted by Gasteiger charge is -2.21. The van der Waals surface area contributed by atoms with E-state index in [-0.39, 0.29) is 5.57 Å². The van der Waals surface area contributed by atoms with Gasteiger partial charge in [0.2, 0.25) is 0 Å². The van der Waals surface area contributed by atoms with Crippen molar-refractivity contribution in [1.82, 2.24) is 5.32 Å². The molecule has 1 rings (SSSR count). The Kier molecular flexibility index (Phi) is 3.85. The van der Waals surface area contributed by atoms with E-state index in [2.05, 4.69) is 5.32 Å². The van der Waals surface area contributed by atoms with Crippen LogP contribution in [0.3, 0.4) is 0 Å². The zero-order valence-electron chi connectivity index (χ0n) is 7.58. The highest BCUT2D eigenvalue weighted by Gasteiger charge is 2.11. The highest BCUT2D eigenvalue weighted by atomic mass is 14.9. The van der Waals surface area contributed by atoms with Crippen molar-refractivity contribution in [2.45, 2.75) is 38.1 Å². The number of nitrogens with zero attached hydrogens (tertiary/aromatic N) is 2. The standard InChI is InChI=1S/C10H13N3/c11-6-9(7-12)8-13-10-4-2-1-3-5-10/h8,10,13H,1-5H2. The molecule has 0 heterocycles. The first-order valence-electron chi connectivity index (χ1n) is 4.63. The van der Waals surface area contributed by atoms with Gasteiger partial charge in [-0.25, -0.2) is 0 Å². The summed E-state index contributed by atoms with van der Waals surface area (Å²) >= 11 is 0. The molecule has 13 heavy (non-hydrogen) atoms. The molecule has 0 bridgehead atoms. The average Bonchev–Trinajstić information content (AvgIpc) is 2.21. The lowest BCUT2D eigenvalue weighted by atomic mass is 9.96. The molecule has 1 aliphatic carbocycles. The number of nitrogens with one attached hydrogen (secondary N) is 1. The molecular weight excluding hydrogens is 162 g/mol.